The summed E-state index contributed by atoms with van der Waals surface area (Å²) in [4.78, 5) is 73.2. The Morgan fingerprint density at radius 1 is 0.257 bits per heavy atom. The van der Waals surface area contributed by atoms with Gasteiger partial charge in [0, 0.05) is 25.7 Å². The molecule has 5 atom stereocenters. The Morgan fingerprint density at radius 3 is 0.648 bits per heavy atom. The van der Waals surface area contributed by atoms with E-state index >= 15 is 0 Å². The molecule has 105 heavy (non-hydrogen) atoms. The average molecular weight is 1540 g/mol. The lowest BCUT2D eigenvalue weighted by Gasteiger charge is -2.21. The lowest BCUT2D eigenvalue weighted by Crippen LogP contribution is -2.30. The Bertz CT molecular complexity index is 2000. The minimum Gasteiger partial charge on any atom is -0.462 e. The maximum Gasteiger partial charge on any atom is 0.472 e. The fourth-order valence-corrected chi connectivity index (χ4v) is 15.1. The SMILES string of the molecule is CCCCCCCCCCCCCCCCCCCCCCCCC(=O)O[C@H](COC(=O)CCCCCCCCCCCCCCCCC(C)C)COP(=O)(O)OC[C@@H](O)COP(=O)(O)OC[C@@H](COC(=O)CCCCCCCCCCCCCC)OC(=O)CCCCCCCCCCCCCCCC. The first-order valence-electron chi connectivity index (χ1n) is 44.6. The zero-order chi connectivity index (χ0) is 76.9. The molecule has 0 aromatic heterocycles. The van der Waals surface area contributed by atoms with E-state index in [9.17, 15) is 43.2 Å². The summed E-state index contributed by atoms with van der Waals surface area (Å²) >= 11 is 0. The smallest absolute Gasteiger partial charge is 0.462 e. The van der Waals surface area contributed by atoms with Gasteiger partial charge in [0.25, 0.3) is 0 Å². The number of hydrogen-bond donors (Lipinski definition) is 3. The zero-order valence-corrected chi connectivity index (χ0v) is 70.7. The maximum atomic E-state index is 13.1. The van der Waals surface area contributed by atoms with Crippen LogP contribution in [0.2, 0.25) is 0 Å². The van der Waals surface area contributed by atoms with Gasteiger partial charge >= 0.3 is 39.5 Å². The van der Waals surface area contributed by atoms with E-state index < -0.39 is 97.5 Å². The van der Waals surface area contributed by atoms with Crippen molar-refractivity contribution in [1.82, 2.24) is 0 Å². The van der Waals surface area contributed by atoms with Crippen LogP contribution < -0.4 is 0 Å². The number of ether oxygens (including phenoxy) is 4. The number of phosphoric acid groups is 2. The normalized spacial score (nSPS) is 13.8. The molecule has 0 amide bonds. The predicted octanol–water partition coefficient (Wildman–Crippen LogP) is 26.4. The van der Waals surface area contributed by atoms with Crippen molar-refractivity contribution >= 4 is 39.5 Å². The molecule has 0 fully saturated rings. The fourth-order valence-electron chi connectivity index (χ4n) is 13.5. The van der Waals surface area contributed by atoms with Gasteiger partial charge in [0.2, 0.25) is 0 Å². The minimum atomic E-state index is -4.97. The summed E-state index contributed by atoms with van der Waals surface area (Å²) in [5, 5.41) is 10.7. The second kappa shape index (κ2) is 78.7. The van der Waals surface area contributed by atoms with Gasteiger partial charge in [-0.15, -0.1) is 0 Å². The van der Waals surface area contributed by atoms with Crippen LogP contribution >= 0.6 is 15.6 Å². The summed E-state index contributed by atoms with van der Waals surface area (Å²) < 4.78 is 68.9. The van der Waals surface area contributed by atoms with Gasteiger partial charge in [0.05, 0.1) is 26.4 Å². The highest BCUT2D eigenvalue weighted by Crippen LogP contribution is 2.45. The Balaban J connectivity index is 5.23. The van der Waals surface area contributed by atoms with Crippen LogP contribution in [0.1, 0.15) is 465 Å². The third-order valence-corrected chi connectivity index (χ3v) is 22.2. The molecule has 17 nitrogen and oxygen atoms in total. The van der Waals surface area contributed by atoms with Crippen molar-refractivity contribution in [2.24, 2.45) is 5.92 Å². The molecule has 3 N–H and O–H groups in total. The molecule has 19 heteroatoms. The van der Waals surface area contributed by atoms with Crippen LogP contribution in [0.5, 0.6) is 0 Å². The summed E-state index contributed by atoms with van der Waals surface area (Å²) in [6, 6.07) is 0. The van der Waals surface area contributed by atoms with Crippen LogP contribution in [0.15, 0.2) is 0 Å². The molecule has 0 radical (unpaired) electrons. The molecular weight excluding hydrogens is 1370 g/mol. The molecule has 0 aromatic carbocycles. The Morgan fingerprint density at radius 2 is 0.438 bits per heavy atom. The predicted molar refractivity (Wildman–Crippen MR) is 432 cm³/mol. The molecule has 0 saturated heterocycles. The molecule has 0 aliphatic rings. The largest absolute Gasteiger partial charge is 0.472 e. The van der Waals surface area contributed by atoms with Crippen molar-refractivity contribution in [3.63, 3.8) is 0 Å². The van der Waals surface area contributed by atoms with Crippen molar-refractivity contribution in [3.05, 3.63) is 0 Å². The summed E-state index contributed by atoms with van der Waals surface area (Å²) in [7, 11) is -9.93. The summed E-state index contributed by atoms with van der Waals surface area (Å²) in [6.45, 7) is 7.39. The molecule has 0 saturated carbocycles. The van der Waals surface area contributed by atoms with E-state index in [1.54, 1.807) is 0 Å². The van der Waals surface area contributed by atoms with E-state index in [-0.39, 0.29) is 25.7 Å². The second-order valence-corrected chi connectivity index (χ2v) is 34.3. The minimum absolute atomic E-state index is 0.109. The number of aliphatic hydroxyl groups excluding tert-OH is 1. The topological polar surface area (TPSA) is 237 Å². The molecule has 0 aliphatic carbocycles. The van der Waals surface area contributed by atoms with Gasteiger partial charge in [-0.05, 0) is 31.6 Å². The molecule has 0 aromatic rings. The van der Waals surface area contributed by atoms with Crippen molar-refractivity contribution in [2.45, 2.75) is 483 Å². The summed E-state index contributed by atoms with van der Waals surface area (Å²) in [6.07, 6.45) is 72.1. The Labute approximate surface area is 645 Å². The van der Waals surface area contributed by atoms with Crippen molar-refractivity contribution in [2.75, 3.05) is 39.6 Å². The first-order valence-corrected chi connectivity index (χ1v) is 47.6. The van der Waals surface area contributed by atoms with Crippen LogP contribution in [0.25, 0.3) is 0 Å². The van der Waals surface area contributed by atoms with Crippen molar-refractivity contribution in [3.8, 4) is 0 Å². The molecular formula is C86H168O17P2. The van der Waals surface area contributed by atoms with Gasteiger partial charge in [-0.3, -0.25) is 37.3 Å². The molecule has 0 spiro atoms. The number of unbranched alkanes of at least 4 members (excludes halogenated alkanes) is 58. The van der Waals surface area contributed by atoms with Crippen molar-refractivity contribution in [1.29, 1.82) is 0 Å². The highest BCUT2D eigenvalue weighted by atomic mass is 31.2. The maximum absolute atomic E-state index is 13.1. The first kappa shape index (κ1) is 103. The van der Waals surface area contributed by atoms with E-state index in [0.717, 1.165) is 95.8 Å². The van der Waals surface area contributed by atoms with Crippen LogP contribution in [-0.2, 0) is 65.4 Å². The lowest BCUT2D eigenvalue weighted by molar-refractivity contribution is -0.161. The van der Waals surface area contributed by atoms with E-state index in [1.165, 1.54) is 289 Å². The highest BCUT2D eigenvalue weighted by molar-refractivity contribution is 7.47. The van der Waals surface area contributed by atoms with Gasteiger partial charge in [-0.2, -0.15) is 0 Å². The van der Waals surface area contributed by atoms with E-state index in [4.69, 9.17) is 37.0 Å². The number of carbonyl (C=O) groups is 4. The van der Waals surface area contributed by atoms with Gasteiger partial charge in [0.1, 0.15) is 19.3 Å². The van der Waals surface area contributed by atoms with Gasteiger partial charge in [-0.1, -0.05) is 413 Å². The second-order valence-electron chi connectivity index (χ2n) is 31.4. The number of rotatable bonds is 86. The first-order chi connectivity index (χ1) is 51.0. The standard InChI is InChI=1S/C86H168O17P2/c1-6-9-12-15-18-21-24-27-29-30-31-32-33-34-35-36-42-47-52-57-62-67-72-86(91)103-82(76-97-84(89)70-65-60-55-50-45-41-38-37-39-43-48-53-58-63-68-79(4)5)78-101-105(94,95)99-74-80(87)73-98-104(92,93)100-77-81(75-96-83(88)69-64-59-54-49-44-26-23-20-17-14-11-8-3)102-85(90)71-66-61-56-51-46-40-28-25-22-19-16-13-10-7-2/h79-82,87H,6-78H2,1-5H3,(H,92,93)(H,94,95)/t80-,81+,82+/m0/s1. The summed E-state index contributed by atoms with van der Waals surface area (Å²) in [5.74, 6) is -1.30. The summed E-state index contributed by atoms with van der Waals surface area (Å²) in [5.41, 5.74) is 0. The number of esters is 4. The highest BCUT2D eigenvalue weighted by Gasteiger charge is 2.30. The monoisotopic (exact) mass is 1540 g/mol. The van der Waals surface area contributed by atoms with Crippen LogP contribution in [0.4, 0.5) is 0 Å². The number of hydrogen-bond acceptors (Lipinski definition) is 15. The van der Waals surface area contributed by atoms with Gasteiger partial charge < -0.3 is 33.8 Å². The molecule has 0 aliphatic heterocycles. The number of phosphoric ester groups is 2. The Hall–Kier alpha value is -1.94. The van der Waals surface area contributed by atoms with Gasteiger partial charge in [-0.25, -0.2) is 9.13 Å². The third-order valence-electron chi connectivity index (χ3n) is 20.3. The fraction of sp³-hybridized carbons (Fsp3) is 0.953. The number of carbonyl (C=O) groups excluding carboxylic acids is 4. The molecule has 0 rings (SSSR count). The quantitative estimate of drug-likeness (QED) is 0.0222. The molecule has 0 bridgehead atoms. The lowest BCUT2D eigenvalue weighted by atomic mass is 10.0. The van der Waals surface area contributed by atoms with Gasteiger partial charge in [0.15, 0.2) is 12.2 Å². The molecule has 0 heterocycles. The third kappa shape index (κ3) is 79.9. The van der Waals surface area contributed by atoms with E-state index in [0.29, 0.717) is 25.7 Å². The van der Waals surface area contributed by atoms with E-state index in [2.05, 4.69) is 34.6 Å². The van der Waals surface area contributed by atoms with Crippen LogP contribution in [-0.4, -0.2) is 96.7 Å². The van der Waals surface area contributed by atoms with Crippen molar-refractivity contribution < 1.29 is 80.2 Å². The molecule has 2 unspecified atom stereocenters. The van der Waals surface area contributed by atoms with E-state index in [1.807, 2.05) is 0 Å². The average Bonchev–Trinajstić information content (AvgIpc) is 1.13. The zero-order valence-electron chi connectivity index (χ0n) is 68.9. The Kier molecular flexibility index (Phi) is 77.3. The van der Waals surface area contributed by atoms with Crippen LogP contribution in [0, 0.1) is 5.92 Å². The number of aliphatic hydroxyl groups is 1. The van der Waals surface area contributed by atoms with Crippen LogP contribution in [0.3, 0.4) is 0 Å². The molecule has 624 valence electrons.